The summed E-state index contributed by atoms with van der Waals surface area (Å²) < 4.78 is 49.0. The van der Waals surface area contributed by atoms with E-state index in [1.807, 2.05) is 6.92 Å². The van der Waals surface area contributed by atoms with E-state index in [1.54, 1.807) is 24.4 Å². The van der Waals surface area contributed by atoms with Gasteiger partial charge in [-0.1, -0.05) is 6.07 Å². The minimum Gasteiger partial charge on any atom is -0.494 e. The van der Waals surface area contributed by atoms with Crippen LogP contribution in [0.3, 0.4) is 0 Å². The predicted octanol–water partition coefficient (Wildman–Crippen LogP) is 5.12. The topological polar surface area (TPSA) is 73.4 Å². The lowest BCUT2D eigenvalue weighted by Crippen LogP contribution is -2.29. The number of hydrogen-bond acceptors (Lipinski definition) is 5. The number of hydrogen-bond donors (Lipinski definition) is 1. The van der Waals surface area contributed by atoms with Gasteiger partial charge >= 0.3 is 0 Å². The van der Waals surface area contributed by atoms with Gasteiger partial charge < -0.3 is 10.1 Å². The van der Waals surface area contributed by atoms with Crippen LogP contribution in [0.5, 0.6) is 5.75 Å². The van der Waals surface area contributed by atoms with Crippen molar-refractivity contribution in [3.63, 3.8) is 0 Å². The molecule has 1 aliphatic rings. The van der Waals surface area contributed by atoms with E-state index in [2.05, 4.69) is 20.1 Å². The molecule has 1 atom stereocenters. The molecule has 4 aromatic rings. The fourth-order valence-corrected chi connectivity index (χ4v) is 4.38. The molecule has 0 bridgehead atoms. The highest BCUT2D eigenvalue weighted by Gasteiger charge is 2.42. The Bertz CT molecular complexity index is 1590. The number of nitrogens with one attached hydrogen (secondary N) is 1. The van der Waals surface area contributed by atoms with E-state index in [0.717, 1.165) is 16.3 Å². The van der Waals surface area contributed by atoms with Crippen molar-refractivity contribution in [2.24, 2.45) is 0 Å². The van der Waals surface area contributed by atoms with Crippen LogP contribution in [-0.4, -0.2) is 34.1 Å². The zero-order valence-electron chi connectivity index (χ0n) is 19.3. The number of ether oxygens (including phenoxy) is 1. The van der Waals surface area contributed by atoms with Crippen molar-refractivity contribution in [2.45, 2.75) is 25.3 Å². The molecule has 2 aromatic carbocycles. The van der Waals surface area contributed by atoms with Crippen LogP contribution >= 0.6 is 0 Å². The zero-order valence-corrected chi connectivity index (χ0v) is 19.3. The molecule has 0 spiro atoms. The molecule has 7 nitrogen and oxygen atoms in total. The molecule has 1 saturated heterocycles. The molecule has 3 heterocycles. The standard InChI is InChI=1S/C26H20F3N5O2/c1-14-4-5-15(12-31-14)18-8-16(30-2)9-19-23(18)33-24(21-11-26(28,29)13-32-21)34(25(19)35)17-6-7-22(36-3)20(27)10-17/h4-10,12,21,32H,11,13H2,1,3H3/t21-/m1/s1. The third kappa shape index (κ3) is 4.07. The van der Waals surface area contributed by atoms with E-state index in [4.69, 9.17) is 11.3 Å². The zero-order chi connectivity index (χ0) is 25.6. The second-order valence-corrected chi connectivity index (χ2v) is 8.61. The number of halogens is 3. The van der Waals surface area contributed by atoms with Crippen LogP contribution in [0.15, 0.2) is 53.5 Å². The molecule has 2 aromatic heterocycles. The highest BCUT2D eigenvalue weighted by molar-refractivity contribution is 5.96. The van der Waals surface area contributed by atoms with Crippen LogP contribution in [0.1, 0.15) is 24.0 Å². The van der Waals surface area contributed by atoms with Crippen LogP contribution in [0.2, 0.25) is 0 Å². The van der Waals surface area contributed by atoms with E-state index in [9.17, 15) is 18.0 Å². The Hall–Kier alpha value is -4.23. The number of methoxy groups -OCH3 is 1. The Kier molecular flexibility index (Phi) is 5.73. The first-order chi connectivity index (χ1) is 17.2. The maximum atomic E-state index is 14.6. The predicted molar refractivity (Wildman–Crippen MR) is 128 cm³/mol. The van der Waals surface area contributed by atoms with E-state index < -0.39 is 36.3 Å². The summed E-state index contributed by atoms with van der Waals surface area (Å²) in [6, 6.07) is 9.50. The minimum absolute atomic E-state index is 0.0196. The summed E-state index contributed by atoms with van der Waals surface area (Å²) in [7, 11) is 1.31. The smallest absolute Gasteiger partial charge is 0.264 e. The quantitative estimate of drug-likeness (QED) is 0.401. The van der Waals surface area contributed by atoms with Gasteiger partial charge in [-0.25, -0.2) is 23.0 Å². The first kappa shape index (κ1) is 23.5. The monoisotopic (exact) mass is 491 g/mol. The van der Waals surface area contributed by atoms with Crippen molar-refractivity contribution >= 4 is 16.6 Å². The van der Waals surface area contributed by atoms with Crippen LogP contribution in [-0.2, 0) is 0 Å². The lowest BCUT2D eigenvalue weighted by Gasteiger charge is -2.20. The van der Waals surface area contributed by atoms with Gasteiger partial charge in [-0.2, -0.15) is 0 Å². The van der Waals surface area contributed by atoms with Crippen molar-refractivity contribution in [1.29, 1.82) is 0 Å². The van der Waals surface area contributed by atoms with Gasteiger partial charge in [0.1, 0.15) is 5.82 Å². The molecule has 1 N–H and O–H groups in total. The van der Waals surface area contributed by atoms with E-state index in [0.29, 0.717) is 11.1 Å². The first-order valence-electron chi connectivity index (χ1n) is 11.1. The third-order valence-corrected chi connectivity index (χ3v) is 6.15. The van der Waals surface area contributed by atoms with Gasteiger partial charge in [0.05, 0.1) is 42.9 Å². The minimum atomic E-state index is -3.00. The van der Waals surface area contributed by atoms with E-state index in [-0.39, 0.29) is 33.9 Å². The van der Waals surface area contributed by atoms with Crippen molar-refractivity contribution in [1.82, 2.24) is 19.9 Å². The normalized spacial score (nSPS) is 16.7. The summed E-state index contributed by atoms with van der Waals surface area (Å²) in [5.74, 6) is -3.73. The second-order valence-electron chi connectivity index (χ2n) is 8.61. The van der Waals surface area contributed by atoms with Gasteiger partial charge in [0.25, 0.3) is 11.5 Å². The highest BCUT2D eigenvalue weighted by Crippen LogP contribution is 2.37. The number of pyridine rings is 1. The Morgan fingerprint density at radius 2 is 2.03 bits per heavy atom. The van der Waals surface area contributed by atoms with Crippen molar-refractivity contribution in [3.05, 3.63) is 87.8 Å². The van der Waals surface area contributed by atoms with Crippen molar-refractivity contribution in [3.8, 4) is 22.6 Å². The number of benzene rings is 2. The molecular weight excluding hydrogens is 471 g/mol. The highest BCUT2D eigenvalue weighted by atomic mass is 19.3. The molecule has 1 aliphatic heterocycles. The number of aryl methyl sites for hydroxylation is 1. The Labute approximate surface area is 204 Å². The second kappa shape index (κ2) is 8.77. The van der Waals surface area contributed by atoms with Crippen LogP contribution in [0.25, 0.3) is 32.6 Å². The molecule has 5 rings (SSSR count). The molecule has 36 heavy (non-hydrogen) atoms. The lowest BCUT2D eigenvalue weighted by molar-refractivity contribution is 0.0207. The van der Waals surface area contributed by atoms with Crippen molar-refractivity contribution in [2.75, 3.05) is 13.7 Å². The SMILES string of the molecule is [C-]#[N+]c1cc(-c2ccc(C)nc2)c2nc([C@H]3CC(F)(F)CN3)n(-c3ccc(OC)c(F)c3)c(=O)c2c1. The lowest BCUT2D eigenvalue weighted by atomic mass is 10.0. The summed E-state index contributed by atoms with van der Waals surface area (Å²) >= 11 is 0. The van der Waals surface area contributed by atoms with Gasteiger partial charge in [-0.15, -0.1) is 0 Å². The number of aromatic nitrogens is 3. The third-order valence-electron chi connectivity index (χ3n) is 6.15. The number of alkyl halides is 2. The largest absolute Gasteiger partial charge is 0.494 e. The molecule has 0 aliphatic carbocycles. The Balaban J connectivity index is 1.85. The summed E-state index contributed by atoms with van der Waals surface area (Å²) in [5, 5.41) is 2.84. The summed E-state index contributed by atoms with van der Waals surface area (Å²) in [6.45, 7) is 8.77. The Morgan fingerprint density at radius 1 is 1.22 bits per heavy atom. The molecule has 10 heteroatoms. The number of fused-ring (bicyclic) bond motifs is 1. The number of nitrogens with zero attached hydrogens (tertiary/aromatic N) is 4. The summed E-state index contributed by atoms with van der Waals surface area (Å²) in [5.41, 5.74) is 1.81. The van der Waals surface area contributed by atoms with Gasteiger partial charge in [-0.05, 0) is 42.8 Å². The van der Waals surface area contributed by atoms with Gasteiger partial charge in [0.15, 0.2) is 17.3 Å². The average molecular weight is 491 g/mol. The summed E-state index contributed by atoms with van der Waals surface area (Å²) in [6.07, 6.45) is 1.02. The fraction of sp³-hybridized carbons (Fsp3) is 0.231. The van der Waals surface area contributed by atoms with E-state index in [1.165, 1.54) is 25.3 Å². The fourth-order valence-electron chi connectivity index (χ4n) is 4.38. The van der Waals surface area contributed by atoms with Crippen molar-refractivity contribution < 1.29 is 17.9 Å². The van der Waals surface area contributed by atoms with Gasteiger partial charge in [0.2, 0.25) is 0 Å². The molecule has 0 saturated carbocycles. The van der Waals surface area contributed by atoms with E-state index >= 15 is 0 Å². The van der Waals surface area contributed by atoms with Gasteiger partial charge in [-0.3, -0.25) is 14.3 Å². The maximum Gasteiger partial charge on any atom is 0.264 e. The maximum absolute atomic E-state index is 14.6. The van der Waals surface area contributed by atoms with Gasteiger partial charge in [0, 0.05) is 29.9 Å². The molecular formula is C26H20F3N5O2. The first-order valence-corrected chi connectivity index (χ1v) is 11.1. The molecule has 182 valence electrons. The molecule has 0 unspecified atom stereocenters. The molecule has 0 amide bonds. The van der Waals surface area contributed by atoms with Crippen LogP contribution < -0.4 is 15.6 Å². The van der Waals surface area contributed by atoms with Crippen LogP contribution in [0, 0.1) is 19.3 Å². The Morgan fingerprint density at radius 3 is 2.64 bits per heavy atom. The molecule has 0 radical (unpaired) electrons. The summed E-state index contributed by atoms with van der Waals surface area (Å²) in [4.78, 5) is 26.3. The van der Waals surface area contributed by atoms with Crippen LogP contribution in [0.4, 0.5) is 18.9 Å². The number of rotatable bonds is 4. The average Bonchev–Trinajstić information content (AvgIpc) is 3.23. The molecule has 1 fully saturated rings.